The molecule has 1 aromatic carbocycles. The van der Waals surface area contributed by atoms with Gasteiger partial charge < -0.3 is 20.7 Å². The molecular weight excluding hydrogens is 421 g/mol. The molecule has 0 saturated heterocycles. The van der Waals surface area contributed by atoms with Crippen LogP contribution in [0, 0.1) is 0 Å². The fourth-order valence-corrected chi connectivity index (χ4v) is 2.35. The fraction of sp³-hybridized carbons (Fsp3) is 0.438. The molecule has 10 heteroatoms. The molecular formula is C16H20Cl3N3O3S. The van der Waals surface area contributed by atoms with Crippen LogP contribution in [0.15, 0.2) is 24.3 Å². The van der Waals surface area contributed by atoms with Crippen molar-refractivity contribution in [3.05, 3.63) is 29.8 Å². The lowest BCUT2D eigenvalue weighted by molar-refractivity contribution is -0.119. The van der Waals surface area contributed by atoms with Crippen LogP contribution < -0.4 is 16.0 Å². The minimum absolute atomic E-state index is 0.133. The van der Waals surface area contributed by atoms with Crippen LogP contribution in [-0.2, 0) is 9.53 Å². The number of hydrogen-bond donors (Lipinski definition) is 3. The van der Waals surface area contributed by atoms with E-state index in [0.29, 0.717) is 17.9 Å². The molecule has 0 aliphatic rings. The number of carbonyl (C=O) groups excluding carboxylic acids is 2. The molecule has 1 unspecified atom stereocenters. The van der Waals surface area contributed by atoms with E-state index in [2.05, 4.69) is 16.0 Å². The third-order valence-corrected chi connectivity index (χ3v) is 3.93. The largest absolute Gasteiger partial charge is 0.462 e. The van der Waals surface area contributed by atoms with Crippen molar-refractivity contribution in [2.75, 3.05) is 11.9 Å². The molecule has 0 aromatic heterocycles. The molecule has 1 aromatic rings. The van der Waals surface area contributed by atoms with Crippen molar-refractivity contribution in [3.8, 4) is 0 Å². The van der Waals surface area contributed by atoms with E-state index in [9.17, 15) is 9.59 Å². The molecule has 0 bridgehead atoms. The van der Waals surface area contributed by atoms with Gasteiger partial charge in [-0.15, -0.1) is 0 Å². The number of hydrogen-bond acceptors (Lipinski definition) is 4. The van der Waals surface area contributed by atoms with Gasteiger partial charge in [-0.05, 0) is 42.9 Å². The number of unbranched alkanes of at least 4 members (excludes halogenated alkanes) is 1. The average Bonchev–Trinajstić information content (AvgIpc) is 2.53. The third-order valence-electron chi connectivity index (χ3n) is 3.06. The number of benzene rings is 1. The van der Waals surface area contributed by atoms with Crippen molar-refractivity contribution in [2.24, 2.45) is 0 Å². The second kappa shape index (κ2) is 10.8. The maximum atomic E-state index is 11.8. The predicted molar refractivity (Wildman–Crippen MR) is 109 cm³/mol. The van der Waals surface area contributed by atoms with Gasteiger partial charge in [0.15, 0.2) is 5.11 Å². The van der Waals surface area contributed by atoms with Crippen LogP contribution in [0.4, 0.5) is 5.69 Å². The lowest BCUT2D eigenvalue weighted by Gasteiger charge is -2.27. The summed E-state index contributed by atoms with van der Waals surface area (Å²) >= 11 is 22.6. The van der Waals surface area contributed by atoms with Gasteiger partial charge in [0.25, 0.3) is 0 Å². The number of nitrogens with one attached hydrogen (secondary N) is 3. The molecule has 144 valence electrons. The van der Waals surface area contributed by atoms with Gasteiger partial charge in [0.1, 0.15) is 6.17 Å². The first kappa shape index (κ1) is 22.8. The number of ether oxygens (including phenoxy) is 1. The number of alkyl halides is 3. The molecule has 26 heavy (non-hydrogen) atoms. The van der Waals surface area contributed by atoms with Crippen molar-refractivity contribution < 1.29 is 14.3 Å². The summed E-state index contributed by atoms with van der Waals surface area (Å²) in [6.07, 6.45) is 0.760. The molecule has 0 saturated carbocycles. The summed E-state index contributed by atoms with van der Waals surface area (Å²) in [6.45, 7) is 3.70. The van der Waals surface area contributed by atoms with Gasteiger partial charge in [-0.2, -0.15) is 0 Å². The predicted octanol–water partition coefficient (Wildman–Crippen LogP) is 3.76. The van der Waals surface area contributed by atoms with Crippen molar-refractivity contribution in [1.29, 1.82) is 0 Å². The van der Waals surface area contributed by atoms with Gasteiger partial charge in [-0.3, -0.25) is 4.79 Å². The van der Waals surface area contributed by atoms with Crippen molar-refractivity contribution in [3.63, 3.8) is 0 Å². The van der Waals surface area contributed by atoms with E-state index in [1.54, 1.807) is 24.3 Å². The van der Waals surface area contributed by atoms with Crippen molar-refractivity contribution in [2.45, 2.75) is 36.6 Å². The maximum Gasteiger partial charge on any atom is 0.338 e. The molecule has 0 heterocycles. The Kier molecular flexibility index (Phi) is 9.43. The van der Waals surface area contributed by atoms with E-state index >= 15 is 0 Å². The van der Waals surface area contributed by atoms with Gasteiger partial charge in [-0.25, -0.2) is 4.79 Å². The molecule has 0 spiro atoms. The molecule has 1 rings (SSSR count). The van der Waals surface area contributed by atoms with E-state index in [0.717, 1.165) is 12.8 Å². The van der Waals surface area contributed by atoms with E-state index in [1.165, 1.54) is 6.92 Å². The Labute approximate surface area is 172 Å². The first-order chi connectivity index (χ1) is 12.1. The molecule has 0 aliphatic carbocycles. The Morgan fingerprint density at radius 2 is 1.81 bits per heavy atom. The minimum atomic E-state index is -1.80. The summed E-state index contributed by atoms with van der Waals surface area (Å²) in [5.41, 5.74) is 1.04. The standard InChI is InChI=1S/C16H20Cl3N3O3S/c1-3-4-9-25-13(24)11-5-7-12(8-6-11)21-15(26)22-14(16(17,18)19)20-10(2)23/h5-8,14H,3-4,9H2,1-2H3,(H,20,23)(H2,21,22,26). The summed E-state index contributed by atoms with van der Waals surface area (Å²) in [7, 11) is 0. The Morgan fingerprint density at radius 1 is 1.19 bits per heavy atom. The zero-order valence-electron chi connectivity index (χ0n) is 14.3. The second-order valence-corrected chi connectivity index (χ2v) is 8.12. The normalized spacial score (nSPS) is 12.0. The summed E-state index contributed by atoms with van der Waals surface area (Å²) in [6, 6.07) is 6.54. The molecule has 1 amide bonds. The molecule has 0 aliphatic heterocycles. The lowest BCUT2D eigenvalue weighted by Crippen LogP contribution is -2.55. The van der Waals surface area contributed by atoms with Gasteiger partial charge in [0, 0.05) is 12.6 Å². The maximum absolute atomic E-state index is 11.8. The zero-order chi connectivity index (χ0) is 19.7. The van der Waals surface area contributed by atoms with Gasteiger partial charge in [-0.1, -0.05) is 48.1 Å². The second-order valence-electron chi connectivity index (χ2n) is 5.34. The summed E-state index contributed by atoms with van der Waals surface area (Å²) in [5, 5.41) is 8.17. The Bertz CT molecular complexity index is 636. The van der Waals surface area contributed by atoms with Crippen LogP contribution in [0.25, 0.3) is 0 Å². The number of esters is 1. The van der Waals surface area contributed by atoms with E-state index in [-0.39, 0.29) is 17.0 Å². The molecule has 0 radical (unpaired) electrons. The SMILES string of the molecule is CCCCOC(=O)c1ccc(NC(=S)NC(NC(C)=O)C(Cl)(Cl)Cl)cc1. The van der Waals surface area contributed by atoms with E-state index < -0.39 is 9.96 Å². The van der Waals surface area contributed by atoms with E-state index in [1.807, 2.05) is 6.92 Å². The first-order valence-electron chi connectivity index (χ1n) is 7.82. The summed E-state index contributed by atoms with van der Waals surface area (Å²) < 4.78 is 3.33. The van der Waals surface area contributed by atoms with Crippen LogP contribution in [-0.4, -0.2) is 33.6 Å². The van der Waals surface area contributed by atoms with Gasteiger partial charge in [0.05, 0.1) is 12.2 Å². The van der Waals surface area contributed by atoms with Crippen LogP contribution in [0.5, 0.6) is 0 Å². The highest BCUT2D eigenvalue weighted by atomic mass is 35.6. The molecule has 3 N–H and O–H groups in total. The van der Waals surface area contributed by atoms with Crippen molar-refractivity contribution >= 4 is 69.7 Å². The number of thiocarbonyl (C=S) groups is 1. The summed E-state index contributed by atoms with van der Waals surface area (Å²) in [5.74, 6) is -0.768. The number of amides is 1. The molecule has 1 atom stereocenters. The Balaban J connectivity index is 2.63. The highest BCUT2D eigenvalue weighted by Crippen LogP contribution is 2.29. The number of rotatable bonds is 7. The average molecular weight is 441 g/mol. The Hall–Kier alpha value is -1.28. The smallest absolute Gasteiger partial charge is 0.338 e. The Morgan fingerprint density at radius 3 is 2.31 bits per heavy atom. The van der Waals surface area contributed by atoms with E-state index in [4.69, 9.17) is 51.8 Å². The monoisotopic (exact) mass is 439 g/mol. The molecule has 6 nitrogen and oxygen atoms in total. The number of carbonyl (C=O) groups is 2. The fourth-order valence-electron chi connectivity index (χ4n) is 1.78. The summed E-state index contributed by atoms with van der Waals surface area (Å²) in [4.78, 5) is 23.0. The zero-order valence-corrected chi connectivity index (χ0v) is 17.4. The van der Waals surface area contributed by atoms with Crippen LogP contribution in [0.1, 0.15) is 37.0 Å². The highest BCUT2D eigenvalue weighted by Gasteiger charge is 2.34. The van der Waals surface area contributed by atoms with Crippen molar-refractivity contribution in [1.82, 2.24) is 10.6 Å². The van der Waals surface area contributed by atoms with Crippen LogP contribution in [0.2, 0.25) is 0 Å². The third kappa shape index (κ3) is 8.40. The van der Waals surface area contributed by atoms with Crippen LogP contribution >= 0.6 is 47.0 Å². The number of anilines is 1. The number of halogens is 3. The van der Waals surface area contributed by atoms with Gasteiger partial charge >= 0.3 is 5.97 Å². The lowest BCUT2D eigenvalue weighted by atomic mass is 10.2. The van der Waals surface area contributed by atoms with Crippen LogP contribution in [0.3, 0.4) is 0 Å². The van der Waals surface area contributed by atoms with Gasteiger partial charge in [0.2, 0.25) is 9.70 Å². The minimum Gasteiger partial charge on any atom is -0.462 e. The highest BCUT2D eigenvalue weighted by molar-refractivity contribution is 7.80. The topological polar surface area (TPSA) is 79.5 Å². The first-order valence-corrected chi connectivity index (χ1v) is 9.36. The quantitative estimate of drug-likeness (QED) is 0.197. The molecule has 0 fully saturated rings.